The van der Waals surface area contributed by atoms with Crippen LogP contribution in [0.1, 0.15) is 18.4 Å². The van der Waals surface area contributed by atoms with Crippen molar-refractivity contribution in [3.8, 4) is 0 Å². The molecule has 3 nitrogen and oxygen atoms in total. The first kappa shape index (κ1) is 7.72. The van der Waals surface area contributed by atoms with E-state index >= 15 is 0 Å². The number of nitrogens with zero attached hydrogens (tertiary/aromatic N) is 2. The topological polar surface area (TPSA) is 51.8 Å². The molecule has 0 fully saturated rings. The Hall–Kier alpha value is -1.38. The van der Waals surface area contributed by atoms with E-state index in [2.05, 4.69) is 9.97 Å². The molecule has 1 aromatic heterocycles. The van der Waals surface area contributed by atoms with Crippen LogP contribution in [-0.4, -0.2) is 9.97 Å². The summed E-state index contributed by atoms with van der Waals surface area (Å²) in [7, 11) is 0. The van der Waals surface area contributed by atoms with E-state index < -0.39 is 0 Å². The summed E-state index contributed by atoms with van der Waals surface area (Å²) in [6.45, 7) is 3.77. The zero-order valence-electron chi connectivity index (χ0n) is 6.70. The summed E-state index contributed by atoms with van der Waals surface area (Å²) in [5.41, 5.74) is 7.01. The van der Waals surface area contributed by atoms with Crippen molar-refractivity contribution in [1.29, 1.82) is 0 Å². The van der Waals surface area contributed by atoms with Gasteiger partial charge in [0.05, 0.1) is 17.6 Å². The highest BCUT2D eigenvalue weighted by molar-refractivity contribution is 5.59. The minimum Gasteiger partial charge on any atom is -0.396 e. The lowest BCUT2D eigenvalue weighted by molar-refractivity contribution is 1.05. The number of nitrogen functional groups attached to an aromatic ring is 1. The lowest BCUT2D eigenvalue weighted by Crippen LogP contribution is -1.96. The van der Waals surface area contributed by atoms with Gasteiger partial charge in [0.1, 0.15) is 5.82 Å². The van der Waals surface area contributed by atoms with E-state index in [1.807, 2.05) is 26.0 Å². The standard InChI is InChI=1S/C8H11N3/c1-3-4-8-7(9)5-10-6(2)11-8/h3-5H,9H2,1-2H3/b4-3+. The molecule has 1 rings (SSSR count). The Bertz CT molecular complexity index is 279. The maximum Gasteiger partial charge on any atom is 0.126 e. The first-order chi connectivity index (χ1) is 5.24. The number of anilines is 1. The molecule has 0 bridgehead atoms. The van der Waals surface area contributed by atoms with Crippen LogP contribution in [0.4, 0.5) is 5.69 Å². The van der Waals surface area contributed by atoms with Gasteiger partial charge in [-0.05, 0) is 19.9 Å². The van der Waals surface area contributed by atoms with E-state index in [1.54, 1.807) is 6.20 Å². The average molecular weight is 149 g/mol. The predicted molar refractivity (Wildman–Crippen MR) is 45.9 cm³/mol. The summed E-state index contributed by atoms with van der Waals surface area (Å²) < 4.78 is 0. The fraction of sp³-hybridized carbons (Fsp3) is 0.250. The van der Waals surface area contributed by atoms with E-state index in [4.69, 9.17) is 5.73 Å². The fourth-order valence-corrected chi connectivity index (χ4v) is 0.788. The third kappa shape index (κ3) is 1.77. The van der Waals surface area contributed by atoms with Crippen LogP contribution in [0, 0.1) is 6.92 Å². The molecule has 1 aromatic rings. The second-order valence-corrected chi connectivity index (χ2v) is 2.26. The second-order valence-electron chi connectivity index (χ2n) is 2.26. The third-order valence-corrected chi connectivity index (χ3v) is 1.29. The number of hydrogen-bond donors (Lipinski definition) is 1. The Morgan fingerprint density at radius 2 is 2.27 bits per heavy atom. The van der Waals surface area contributed by atoms with E-state index in [0.29, 0.717) is 5.69 Å². The highest BCUT2D eigenvalue weighted by Gasteiger charge is 1.95. The molecule has 1 heterocycles. The average Bonchev–Trinajstić information content (AvgIpc) is 1.98. The molecule has 3 heteroatoms. The van der Waals surface area contributed by atoms with Gasteiger partial charge in [0, 0.05) is 0 Å². The lowest BCUT2D eigenvalue weighted by Gasteiger charge is -1.98. The molecule has 2 N–H and O–H groups in total. The van der Waals surface area contributed by atoms with Gasteiger partial charge >= 0.3 is 0 Å². The minimum absolute atomic E-state index is 0.619. The molecule has 0 saturated carbocycles. The van der Waals surface area contributed by atoms with E-state index in [1.165, 1.54) is 0 Å². The molecule has 0 aliphatic carbocycles. The number of aromatic nitrogens is 2. The number of nitrogens with two attached hydrogens (primary N) is 1. The Kier molecular flexibility index (Phi) is 2.21. The van der Waals surface area contributed by atoms with Crippen molar-refractivity contribution in [2.75, 3.05) is 5.73 Å². The highest BCUT2D eigenvalue weighted by Crippen LogP contribution is 2.08. The van der Waals surface area contributed by atoms with Crippen LogP contribution >= 0.6 is 0 Å². The van der Waals surface area contributed by atoms with Crippen LogP contribution in [-0.2, 0) is 0 Å². The van der Waals surface area contributed by atoms with Crippen LogP contribution in [0.3, 0.4) is 0 Å². The van der Waals surface area contributed by atoms with Crippen molar-refractivity contribution in [1.82, 2.24) is 9.97 Å². The Morgan fingerprint density at radius 1 is 1.55 bits per heavy atom. The molecule has 0 unspecified atom stereocenters. The van der Waals surface area contributed by atoms with Gasteiger partial charge in [-0.25, -0.2) is 9.97 Å². The lowest BCUT2D eigenvalue weighted by atomic mass is 10.3. The molecule has 0 radical (unpaired) electrons. The first-order valence-electron chi connectivity index (χ1n) is 3.46. The van der Waals surface area contributed by atoms with Crippen LogP contribution in [0.15, 0.2) is 12.3 Å². The first-order valence-corrected chi connectivity index (χ1v) is 3.46. The van der Waals surface area contributed by atoms with Gasteiger partial charge < -0.3 is 5.73 Å². The van der Waals surface area contributed by atoms with Crippen LogP contribution in [0.25, 0.3) is 6.08 Å². The Balaban J connectivity index is 3.12. The molecule has 0 amide bonds. The largest absolute Gasteiger partial charge is 0.396 e. The molecule has 0 spiro atoms. The summed E-state index contributed by atoms with van der Waals surface area (Å²) in [6.07, 6.45) is 5.39. The summed E-state index contributed by atoms with van der Waals surface area (Å²) in [5, 5.41) is 0. The number of aryl methyl sites for hydroxylation is 1. The van der Waals surface area contributed by atoms with Gasteiger partial charge in [-0.15, -0.1) is 0 Å². The van der Waals surface area contributed by atoms with Crippen LogP contribution in [0.5, 0.6) is 0 Å². The molecular weight excluding hydrogens is 138 g/mol. The summed E-state index contributed by atoms with van der Waals surface area (Å²) in [4.78, 5) is 8.09. The van der Waals surface area contributed by atoms with Gasteiger partial charge in [0.2, 0.25) is 0 Å². The smallest absolute Gasteiger partial charge is 0.126 e. The van der Waals surface area contributed by atoms with Crippen molar-refractivity contribution in [2.24, 2.45) is 0 Å². The second kappa shape index (κ2) is 3.14. The van der Waals surface area contributed by atoms with E-state index in [9.17, 15) is 0 Å². The van der Waals surface area contributed by atoms with E-state index in [0.717, 1.165) is 11.5 Å². The van der Waals surface area contributed by atoms with Crippen molar-refractivity contribution >= 4 is 11.8 Å². The van der Waals surface area contributed by atoms with E-state index in [-0.39, 0.29) is 0 Å². The molecule has 0 aliphatic rings. The summed E-state index contributed by atoms with van der Waals surface area (Å²) in [6, 6.07) is 0. The van der Waals surface area contributed by atoms with Gasteiger partial charge in [0.25, 0.3) is 0 Å². The van der Waals surface area contributed by atoms with Crippen LogP contribution < -0.4 is 5.73 Å². The molecule has 0 saturated heterocycles. The maximum absolute atomic E-state index is 5.60. The van der Waals surface area contributed by atoms with Crippen LogP contribution in [0.2, 0.25) is 0 Å². The predicted octanol–water partition coefficient (Wildman–Crippen LogP) is 1.40. The number of rotatable bonds is 1. The quantitative estimate of drug-likeness (QED) is 0.656. The molecule has 0 aromatic carbocycles. The van der Waals surface area contributed by atoms with Crippen molar-refractivity contribution < 1.29 is 0 Å². The molecular formula is C8H11N3. The SMILES string of the molecule is C/C=C/c1nc(C)ncc1N. The van der Waals surface area contributed by atoms with Gasteiger partial charge in [-0.2, -0.15) is 0 Å². The minimum atomic E-state index is 0.619. The fourth-order valence-electron chi connectivity index (χ4n) is 0.788. The monoisotopic (exact) mass is 149 g/mol. The zero-order chi connectivity index (χ0) is 8.27. The van der Waals surface area contributed by atoms with Gasteiger partial charge in [-0.3, -0.25) is 0 Å². The van der Waals surface area contributed by atoms with Crippen molar-refractivity contribution in [3.63, 3.8) is 0 Å². The molecule has 0 aliphatic heterocycles. The number of allylic oxidation sites excluding steroid dienone is 1. The van der Waals surface area contributed by atoms with Gasteiger partial charge in [-0.1, -0.05) is 6.08 Å². The molecule has 11 heavy (non-hydrogen) atoms. The summed E-state index contributed by atoms with van der Waals surface area (Å²) >= 11 is 0. The molecule has 58 valence electrons. The Morgan fingerprint density at radius 3 is 2.91 bits per heavy atom. The Labute approximate surface area is 66.0 Å². The number of hydrogen-bond acceptors (Lipinski definition) is 3. The third-order valence-electron chi connectivity index (χ3n) is 1.29. The summed E-state index contributed by atoms with van der Waals surface area (Å²) in [5.74, 6) is 0.743. The highest BCUT2D eigenvalue weighted by atomic mass is 14.9. The van der Waals surface area contributed by atoms with Gasteiger partial charge in [0.15, 0.2) is 0 Å². The molecule has 0 atom stereocenters. The zero-order valence-corrected chi connectivity index (χ0v) is 6.70. The normalized spacial score (nSPS) is 10.7. The van der Waals surface area contributed by atoms with Crippen molar-refractivity contribution in [2.45, 2.75) is 13.8 Å². The maximum atomic E-state index is 5.60. The van der Waals surface area contributed by atoms with Crippen molar-refractivity contribution in [3.05, 3.63) is 23.8 Å².